The van der Waals surface area contributed by atoms with Crippen molar-refractivity contribution in [1.82, 2.24) is 0 Å². The number of nitrogen functional groups attached to an aromatic ring is 1. The Hall–Kier alpha value is -2.86. The van der Waals surface area contributed by atoms with Crippen LogP contribution in [0.25, 0.3) is 0 Å². The van der Waals surface area contributed by atoms with Gasteiger partial charge in [-0.3, -0.25) is 10.2 Å². The molecule has 0 atom stereocenters. The summed E-state index contributed by atoms with van der Waals surface area (Å²) in [6, 6.07) is 13.0. The van der Waals surface area contributed by atoms with Gasteiger partial charge >= 0.3 is 0 Å². The van der Waals surface area contributed by atoms with Crippen molar-refractivity contribution in [3.05, 3.63) is 53.6 Å². The van der Waals surface area contributed by atoms with Gasteiger partial charge in [0, 0.05) is 41.3 Å². The molecule has 6 heteroatoms. The highest BCUT2D eigenvalue weighted by Crippen LogP contribution is 2.23. The maximum atomic E-state index is 10.6. The van der Waals surface area contributed by atoms with Crippen LogP contribution in [0.2, 0.25) is 0 Å². The van der Waals surface area contributed by atoms with Crippen molar-refractivity contribution in [3.63, 3.8) is 0 Å². The van der Waals surface area contributed by atoms with E-state index in [1.165, 1.54) is 0 Å². The van der Waals surface area contributed by atoms with Crippen molar-refractivity contribution in [2.75, 3.05) is 42.3 Å². The summed E-state index contributed by atoms with van der Waals surface area (Å²) in [5.74, 6) is 0. The standard InChI is InChI=1S/C18H20N4O2/c19-17-6-3-14(21-12-23)11-16(17)18(20)13-1-4-15(5-2-13)22-7-9-24-10-8-22/h1-6,11-12,20H,7-10,19H2,(H,21,23). The second-order valence-corrected chi connectivity index (χ2v) is 5.59. The fourth-order valence-corrected chi connectivity index (χ4v) is 2.75. The third-order valence-corrected chi connectivity index (χ3v) is 4.08. The minimum absolute atomic E-state index is 0.329. The number of morpholine rings is 1. The number of nitrogens with two attached hydrogens (primary N) is 1. The Labute approximate surface area is 140 Å². The number of nitrogens with zero attached hydrogens (tertiary/aromatic N) is 1. The zero-order valence-corrected chi connectivity index (χ0v) is 13.3. The second-order valence-electron chi connectivity index (χ2n) is 5.59. The van der Waals surface area contributed by atoms with E-state index in [0.29, 0.717) is 29.1 Å². The van der Waals surface area contributed by atoms with Crippen molar-refractivity contribution in [1.29, 1.82) is 5.41 Å². The van der Waals surface area contributed by atoms with E-state index < -0.39 is 0 Å². The topological polar surface area (TPSA) is 91.4 Å². The van der Waals surface area contributed by atoms with Gasteiger partial charge in [0.2, 0.25) is 6.41 Å². The Morgan fingerprint density at radius 1 is 1.17 bits per heavy atom. The molecule has 6 nitrogen and oxygen atoms in total. The smallest absolute Gasteiger partial charge is 0.211 e. The zero-order chi connectivity index (χ0) is 16.9. The largest absolute Gasteiger partial charge is 0.398 e. The molecule has 1 heterocycles. The summed E-state index contributed by atoms with van der Waals surface area (Å²) in [6.45, 7) is 3.24. The minimum Gasteiger partial charge on any atom is -0.398 e. The SMILES string of the molecule is N=C(c1ccc(N2CCOCC2)cc1)c1cc(NC=O)ccc1N. The molecule has 0 bridgehead atoms. The molecule has 1 saturated heterocycles. The minimum atomic E-state index is 0.329. The van der Waals surface area contributed by atoms with Crippen molar-refractivity contribution in [2.45, 2.75) is 0 Å². The second kappa shape index (κ2) is 7.14. The molecule has 3 rings (SSSR count). The number of nitrogens with one attached hydrogen (secondary N) is 2. The summed E-state index contributed by atoms with van der Waals surface area (Å²) in [6.07, 6.45) is 0.607. The fraction of sp³-hybridized carbons (Fsp3) is 0.222. The molecule has 1 aliphatic heterocycles. The van der Waals surface area contributed by atoms with Gasteiger partial charge in [-0.15, -0.1) is 0 Å². The Morgan fingerprint density at radius 2 is 1.88 bits per heavy atom. The van der Waals surface area contributed by atoms with Crippen LogP contribution in [-0.2, 0) is 9.53 Å². The highest BCUT2D eigenvalue weighted by Gasteiger charge is 2.13. The third kappa shape index (κ3) is 3.38. The lowest BCUT2D eigenvalue weighted by atomic mass is 10.00. The molecule has 2 aromatic rings. The van der Waals surface area contributed by atoms with Gasteiger partial charge in [0.15, 0.2) is 0 Å². The molecule has 4 N–H and O–H groups in total. The molecule has 2 aromatic carbocycles. The molecule has 1 amide bonds. The first kappa shape index (κ1) is 16.0. The van der Waals surface area contributed by atoms with Gasteiger partial charge in [0.25, 0.3) is 0 Å². The van der Waals surface area contributed by atoms with Crippen LogP contribution in [-0.4, -0.2) is 38.4 Å². The van der Waals surface area contributed by atoms with E-state index in [0.717, 1.165) is 37.6 Å². The summed E-state index contributed by atoms with van der Waals surface area (Å²) < 4.78 is 5.36. The molecule has 0 radical (unpaired) electrons. The first-order valence-electron chi connectivity index (χ1n) is 7.81. The first-order chi connectivity index (χ1) is 11.7. The number of hydrogen-bond acceptors (Lipinski definition) is 5. The molecule has 24 heavy (non-hydrogen) atoms. The lowest BCUT2D eigenvalue weighted by Gasteiger charge is -2.29. The van der Waals surface area contributed by atoms with Crippen LogP contribution in [0.5, 0.6) is 0 Å². The quantitative estimate of drug-likeness (QED) is 0.446. The first-order valence-corrected chi connectivity index (χ1v) is 7.81. The number of rotatable bonds is 5. The number of hydrogen-bond donors (Lipinski definition) is 3. The van der Waals surface area contributed by atoms with Crippen LogP contribution in [0.1, 0.15) is 11.1 Å². The third-order valence-electron chi connectivity index (χ3n) is 4.08. The maximum absolute atomic E-state index is 10.6. The molecular formula is C18H20N4O2. The van der Waals surface area contributed by atoms with Gasteiger partial charge in [-0.2, -0.15) is 0 Å². The van der Waals surface area contributed by atoms with Gasteiger partial charge in [-0.1, -0.05) is 12.1 Å². The van der Waals surface area contributed by atoms with Crippen LogP contribution in [0.3, 0.4) is 0 Å². The van der Waals surface area contributed by atoms with E-state index in [2.05, 4.69) is 10.2 Å². The molecule has 124 valence electrons. The van der Waals surface area contributed by atoms with Gasteiger partial charge in [-0.05, 0) is 30.3 Å². The van der Waals surface area contributed by atoms with Gasteiger partial charge in [-0.25, -0.2) is 0 Å². The fourth-order valence-electron chi connectivity index (χ4n) is 2.75. The highest BCUT2D eigenvalue weighted by molar-refractivity contribution is 6.14. The monoisotopic (exact) mass is 324 g/mol. The van der Waals surface area contributed by atoms with E-state index >= 15 is 0 Å². The summed E-state index contributed by atoms with van der Waals surface area (Å²) in [7, 11) is 0. The summed E-state index contributed by atoms with van der Waals surface area (Å²) in [5.41, 5.74) is 9.95. The van der Waals surface area contributed by atoms with Crippen LogP contribution in [0.15, 0.2) is 42.5 Å². The Morgan fingerprint density at radius 3 is 2.54 bits per heavy atom. The Kier molecular flexibility index (Phi) is 4.77. The summed E-state index contributed by atoms with van der Waals surface area (Å²) in [5, 5.41) is 11.0. The van der Waals surface area contributed by atoms with Crippen molar-refractivity contribution < 1.29 is 9.53 Å². The number of benzene rings is 2. The van der Waals surface area contributed by atoms with Crippen LogP contribution >= 0.6 is 0 Å². The van der Waals surface area contributed by atoms with E-state index in [-0.39, 0.29) is 0 Å². The average Bonchev–Trinajstić information content (AvgIpc) is 2.64. The summed E-state index contributed by atoms with van der Waals surface area (Å²) >= 11 is 0. The van der Waals surface area contributed by atoms with E-state index in [9.17, 15) is 4.79 Å². The molecular weight excluding hydrogens is 304 g/mol. The van der Waals surface area contributed by atoms with Crippen LogP contribution in [0.4, 0.5) is 17.1 Å². The number of ether oxygens (including phenoxy) is 1. The molecule has 0 unspecified atom stereocenters. The Bertz CT molecular complexity index is 737. The van der Waals surface area contributed by atoms with Crippen molar-refractivity contribution >= 4 is 29.2 Å². The zero-order valence-electron chi connectivity index (χ0n) is 13.3. The van der Waals surface area contributed by atoms with Gasteiger partial charge < -0.3 is 20.7 Å². The van der Waals surface area contributed by atoms with Crippen LogP contribution in [0, 0.1) is 5.41 Å². The van der Waals surface area contributed by atoms with Crippen molar-refractivity contribution in [2.24, 2.45) is 0 Å². The average molecular weight is 324 g/mol. The van der Waals surface area contributed by atoms with Crippen molar-refractivity contribution in [3.8, 4) is 0 Å². The molecule has 1 fully saturated rings. The predicted molar refractivity (Wildman–Crippen MR) is 95.9 cm³/mol. The predicted octanol–water partition coefficient (Wildman–Crippen LogP) is 2.09. The normalized spacial score (nSPS) is 14.2. The van der Waals surface area contributed by atoms with Gasteiger partial charge in [0.05, 0.1) is 18.9 Å². The lowest BCUT2D eigenvalue weighted by Crippen LogP contribution is -2.36. The highest BCUT2D eigenvalue weighted by atomic mass is 16.5. The van der Waals surface area contributed by atoms with E-state index in [1.54, 1.807) is 18.2 Å². The number of carbonyl (C=O) groups is 1. The molecule has 0 saturated carbocycles. The summed E-state index contributed by atoms with van der Waals surface area (Å²) in [4.78, 5) is 12.9. The lowest BCUT2D eigenvalue weighted by molar-refractivity contribution is -0.105. The molecule has 1 aliphatic rings. The van der Waals surface area contributed by atoms with E-state index in [1.807, 2.05) is 24.3 Å². The van der Waals surface area contributed by atoms with E-state index in [4.69, 9.17) is 15.9 Å². The molecule has 0 aliphatic carbocycles. The number of amides is 1. The molecule has 0 aromatic heterocycles. The van der Waals surface area contributed by atoms with Crippen LogP contribution < -0.4 is 16.0 Å². The number of carbonyl (C=O) groups excluding carboxylic acids is 1. The Balaban J connectivity index is 1.82. The molecule has 0 spiro atoms. The maximum Gasteiger partial charge on any atom is 0.211 e. The number of anilines is 3. The van der Waals surface area contributed by atoms with Gasteiger partial charge in [0.1, 0.15) is 0 Å².